The van der Waals surface area contributed by atoms with E-state index in [1.165, 1.54) is 10.6 Å². The lowest BCUT2D eigenvalue weighted by Crippen LogP contribution is -2.42. The summed E-state index contributed by atoms with van der Waals surface area (Å²) in [6, 6.07) is 3.04. The molecule has 2 aromatic rings. The molecule has 2 saturated heterocycles. The molecule has 2 aromatic heterocycles. The molecule has 1 N–H and O–H groups in total. The fraction of sp³-hybridized carbons (Fsp3) is 0.650. The summed E-state index contributed by atoms with van der Waals surface area (Å²) in [6.07, 6.45) is 6.31. The average molecular weight is 404 g/mol. The maximum absolute atomic E-state index is 11.2. The van der Waals surface area contributed by atoms with Crippen LogP contribution < -0.4 is 0 Å². The predicted molar refractivity (Wildman–Crippen MR) is 110 cm³/mol. The Morgan fingerprint density at radius 1 is 1.11 bits per heavy atom. The summed E-state index contributed by atoms with van der Waals surface area (Å²) in [5.41, 5.74) is 2.27. The van der Waals surface area contributed by atoms with Gasteiger partial charge in [-0.1, -0.05) is 0 Å². The Bertz CT molecular complexity index is 824. The summed E-state index contributed by atoms with van der Waals surface area (Å²) in [5, 5.41) is 15.0. The van der Waals surface area contributed by atoms with E-state index in [9.17, 15) is 9.90 Å². The Hall–Kier alpha value is -1.93. The summed E-state index contributed by atoms with van der Waals surface area (Å²) < 4.78 is 2.20. The van der Waals surface area contributed by atoms with Gasteiger partial charge >= 0.3 is 6.09 Å². The molecule has 0 aliphatic carbocycles. The maximum atomic E-state index is 11.2. The molecule has 0 saturated carbocycles. The van der Waals surface area contributed by atoms with Crippen molar-refractivity contribution in [2.75, 3.05) is 26.2 Å². The maximum Gasteiger partial charge on any atom is 0.407 e. The molecule has 2 aliphatic heterocycles. The number of carboxylic acid groups (broad SMARTS) is 1. The Kier molecular flexibility index (Phi) is 5.68. The Labute approximate surface area is 170 Å². The van der Waals surface area contributed by atoms with E-state index in [0.29, 0.717) is 25.2 Å². The highest BCUT2D eigenvalue weighted by molar-refractivity contribution is 7.15. The van der Waals surface area contributed by atoms with Crippen molar-refractivity contribution >= 4 is 17.4 Å². The van der Waals surface area contributed by atoms with Crippen LogP contribution in [0, 0.1) is 13.8 Å². The van der Waals surface area contributed by atoms with Gasteiger partial charge in [-0.3, -0.25) is 4.68 Å². The molecule has 0 spiro atoms. The Balaban J connectivity index is 1.40. The lowest BCUT2D eigenvalue weighted by molar-refractivity contribution is 0.118. The average Bonchev–Trinajstić information content (AvgIpc) is 3.19. The summed E-state index contributed by atoms with van der Waals surface area (Å²) in [6.45, 7) is 7.58. The molecule has 0 bridgehead atoms. The monoisotopic (exact) mass is 403 g/mol. The van der Waals surface area contributed by atoms with E-state index in [4.69, 9.17) is 0 Å². The first-order valence-electron chi connectivity index (χ1n) is 10.2. The number of rotatable bonds is 3. The van der Waals surface area contributed by atoms with Crippen LogP contribution in [0.15, 0.2) is 12.3 Å². The van der Waals surface area contributed by atoms with Gasteiger partial charge in [0.2, 0.25) is 0 Å². The summed E-state index contributed by atoms with van der Waals surface area (Å²) in [7, 11) is 0. The number of carbonyl (C=O) groups is 1. The van der Waals surface area contributed by atoms with Crippen molar-refractivity contribution in [3.63, 3.8) is 0 Å². The molecule has 1 atom stereocenters. The van der Waals surface area contributed by atoms with Crippen LogP contribution in [-0.4, -0.2) is 68.0 Å². The molecule has 2 aliphatic rings. The van der Waals surface area contributed by atoms with Crippen molar-refractivity contribution in [1.82, 2.24) is 24.6 Å². The number of thiazole rings is 1. The van der Waals surface area contributed by atoms with Crippen LogP contribution in [0.4, 0.5) is 4.79 Å². The molecular weight excluding hydrogens is 374 g/mol. The summed E-state index contributed by atoms with van der Waals surface area (Å²) >= 11 is 1.74. The third-order valence-corrected chi connectivity index (χ3v) is 7.23. The van der Waals surface area contributed by atoms with Gasteiger partial charge in [-0.2, -0.15) is 5.10 Å². The first-order valence-corrected chi connectivity index (χ1v) is 11.0. The first kappa shape index (κ1) is 19.4. The lowest BCUT2D eigenvalue weighted by Gasteiger charge is -2.37. The van der Waals surface area contributed by atoms with Crippen LogP contribution in [0.3, 0.4) is 0 Å². The number of amides is 1. The van der Waals surface area contributed by atoms with E-state index in [-0.39, 0.29) is 0 Å². The van der Waals surface area contributed by atoms with E-state index in [1.807, 2.05) is 6.20 Å². The molecule has 0 aromatic carbocycles. The van der Waals surface area contributed by atoms with Crippen LogP contribution in [0.1, 0.15) is 48.8 Å². The first-order chi connectivity index (χ1) is 13.5. The van der Waals surface area contributed by atoms with Gasteiger partial charge in [0.05, 0.1) is 27.3 Å². The number of nitrogens with zero attached hydrogens (tertiary/aromatic N) is 5. The number of aromatic nitrogens is 3. The normalized spacial score (nSPS) is 22.4. The summed E-state index contributed by atoms with van der Waals surface area (Å²) in [5.74, 6) is 0. The molecule has 7 nitrogen and oxygen atoms in total. The fourth-order valence-corrected chi connectivity index (χ4v) is 5.62. The van der Waals surface area contributed by atoms with Crippen molar-refractivity contribution < 1.29 is 9.90 Å². The topological polar surface area (TPSA) is 74.5 Å². The van der Waals surface area contributed by atoms with Crippen LogP contribution in [0.5, 0.6) is 0 Å². The minimum Gasteiger partial charge on any atom is -0.465 e. The number of likely N-dealkylation sites (tertiary alicyclic amines) is 2. The third-order valence-electron chi connectivity index (χ3n) is 6.14. The molecule has 8 heteroatoms. The second kappa shape index (κ2) is 8.21. The molecule has 1 amide bonds. The Morgan fingerprint density at radius 3 is 2.54 bits per heavy atom. The van der Waals surface area contributed by atoms with E-state index in [0.717, 1.165) is 55.9 Å². The summed E-state index contributed by atoms with van der Waals surface area (Å²) in [4.78, 5) is 21.2. The minimum atomic E-state index is -0.779. The van der Waals surface area contributed by atoms with Gasteiger partial charge in [-0.25, -0.2) is 9.78 Å². The molecule has 4 rings (SSSR count). The van der Waals surface area contributed by atoms with E-state index >= 15 is 0 Å². The predicted octanol–water partition coefficient (Wildman–Crippen LogP) is 3.79. The van der Waals surface area contributed by atoms with Crippen LogP contribution in [-0.2, 0) is 0 Å². The van der Waals surface area contributed by atoms with E-state index in [1.54, 1.807) is 16.2 Å². The third kappa shape index (κ3) is 3.93. The zero-order valence-corrected chi connectivity index (χ0v) is 17.5. The molecular formula is C20H29N5O2S. The van der Waals surface area contributed by atoms with Gasteiger partial charge in [-0.05, 0) is 52.0 Å². The van der Waals surface area contributed by atoms with Gasteiger partial charge in [0.25, 0.3) is 0 Å². The van der Waals surface area contributed by atoms with Gasteiger partial charge in [-0.15, -0.1) is 11.3 Å². The lowest BCUT2D eigenvalue weighted by atomic mass is 9.99. The van der Waals surface area contributed by atoms with E-state index < -0.39 is 6.09 Å². The molecule has 0 radical (unpaired) electrons. The van der Waals surface area contributed by atoms with Gasteiger partial charge in [0.15, 0.2) is 0 Å². The molecule has 1 unspecified atom stereocenters. The number of aryl methyl sites for hydroxylation is 2. The smallest absolute Gasteiger partial charge is 0.407 e. The zero-order valence-electron chi connectivity index (χ0n) is 16.7. The van der Waals surface area contributed by atoms with Crippen molar-refractivity contribution in [3.05, 3.63) is 23.0 Å². The standard InChI is InChI=1S/C20H29N5O2S/c1-14-19(28-15(2)22-14)18-5-9-21-25(18)17-7-11-23(12-8-17)16-4-3-10-24(13-6-16)20(26)27/h5,9,16-17H,3-4,6-8,10-13H2,1-2H3,(H,26,27). The highest BCUT2D eigenvalue weighted by Gasteiger charge is 2.29. The van der Waals surface area contributed by atoms with Crippen molar-refractivity contribution in [1.29, 1.82) is 0 Å². The second-order valence-corrected chi connectivity index (χ2v) is 9.13. The van der Waals surface area contributed by atoms with Crippen molar-refractivity contribution in [3.8, 4) is 10.6 Å². The minimum absolute atomic E-state index is 0.421. The van der Waals surface area contributed by atoms with Crippen molar-refractivity contribution in [2.45, 2.75) is 58.0 Å². The second-order valence-electron chi connectivity index (χ2n) is 7.93. The largest absolute Gasteiger partial charge is 0.465 e. The van der Waals surface area contributed by atoms with Crippen LogP contribution in [0.2, 0.25) is 0 Å². The van der Waals surface area contributed by atoms with Crippen LogP contribution >= 0.6 is 11.3 Å². The molecule has 28 heavy (non-hydrogen) atoms. The highest BCUT2D eigenvalue weighted by atomic mass is 32.1. The quantitative estimate of drug-likeness (QED) is 0.844. The zero-order chi connectivity index (χ0) is 19.7. The number of hydrogen-bond donors (Lipinski definition) is 1. The molecule has 2 fully saturated rings. The number of piperidine rings is 1. The number of hydrogen-bond acceptors (Lipinski definition) is 5. The molecule has 152 valence electrons. The van der Waals surface area contributed by atoms with E-state index in [2.05, 4.69) is 39.6 Å². The van der Waals surface area contributed by atoms with Gasteiger partial charge in [0.1, 0.15) is 0 Å². The van der Waals surface area contributed by atoms with Gasteiger partial charge < -0.3 is 14.9 Å². The van der Waals surface area contributed by atoms with Crippen molar-refractivity contribution in [2.24, 2.45) is 0 Å². The highest BCUT2D eigenvalue weighted by Crippen LogP contribution is 2.34. The van der Waals surface area contributed by atoms with Crippen LogP contribution in [0.25, 0.3) is 10.6 Å². The SMILES string of the molecule is Cc1nc(C)c(-c2ccnn2C2CCN(C3CCCN(C(=O)O)CC3)CC2)s1. The molecule has 4 heterocycles. The fourth-order valence-electron chi connectivity index (χ4n) is 4.68. The van der Waals surface area contributed by atoms with Gasteiger partial charge in [0, 0.05) is 38.4 Å². The Morgan fingerprint density at radius 2 is 1.86 bits per heavy atom.